The van der Waals surface area contributed by atoms with Gasteiger partial charge in [-0.15, -0.1) is 0 Å². The molecule has 0 bridgehead atoms. The van der Waals surface area contributed by atoms with Gasteiger partial charge in [0.15, 0.2) is 53.1 Å². The second-order valence-electron chi connectivity index (χ2n) is 21.0. The number of alkyl halides is 1. The highest BCUT2D eigenvalue weighted by atomic mass is 31.3. The number of aryl methyl sites for hydroxylation is 1. The maximum atomic E-state index is 16.7. The number of imidazole rings is 3. The Hall–Kier alpha value is -6.60. The summed E-state index contributed by atoms with van der Waals surface area (Å²) >= 11 is 0. The highest BCUT2D eigenvalue weighted by molar-refractivity contribution is 7.65. The van der Waals surface area contributed by atoms with Gasteiger partial charge in [-0.25, -0.2) is 42.5 Å². The quantitative estimate of drug-likeness (QED) is 0.0102. The van der Waals surface area contributed by atoms with Crippen molar-refractivity contribution in [3.8, 4) is 5.88 Å². The molecule has 490 valence electrons. The summed E-state index contributed by atoms with van der Waals surface area (Å²) in [5.41, 5.74) is 14.3. The van der Waals surface area contributed by atoms with Gasteiger partial charge in [0.1, 0.15) is 67.5 Å². The minimum Gasteiger partial charge on any atom is -0.856 e. The van der Waals surface area contributed by atoms with Gasteiger partial charge in [-0.1, -0.05) is 37.9 Å². The molecule has 10 N–H and O–H groups in total. The first-order valence-electron chi connectivity index (χ1n) is 25.9. The number of nitrogens with zero attached hydrogens (tertiary/aromatic N) is 12. The summed E-state index contributed by atoms with van der Waals surface area (Å²) in [6.45, 7) is 0.244. The number of fused-ring (bicyclic) bond motifs is 3. The fraction of sp³-hybridized carbons (Fsp3) is 0.512. The van der Waals surface area contributed by atoms with Gasteiger partial charge in [-0.05, 0) is 11.5 Å². The molecular weight excluding hydrogens is 1300 g/mol. The molecule has 0 spiro atoms. The van der Waals surface area contributed by atoms with Crippen LogP contribution in [-0.2, 0) is 75.7 Å². The van der Waals surface area contributed by atoms with Crippen molar-refractivity contribution < 1.29 is 123 Å². The second kappa shape index (κ2) is 25.1. The normalized spacial score (nSPS) is 27.9. The molecule has 3 fully saturated rings. The van der Waals surface area contributed by atoms with Crippen LogP contribution in [0.25, 0.3) is 33.5 Å². The molecule has 0 radical (unpaired) electrons. The molecular formula is C43H51FN16O26P4-4. The maximum Gasteiger partial charge on any atom is 0.309 e. The summed E-state index contributed by atoms with van der Waals surface area (Å²) in [6, 6.07) is 5.68. The fourth-order valence-electron chi connectivity index (χ4n) is 9.98. The molecule has 8 unspecified atom stereocenters. The zero-order valence-corrected chi connectivity index (χ0v) is 50.0. The Labute approximate surface area is 501 Å². The largest absolute Gasteiger partial charge is 0.856 e. The molecule has 0 aliphatic carbocycles. The van der Waals surface area contributed by atoms with E-state index in [1.54, 1.807) is 20.8 Å². The summed E-state index contributed by atoms with van der Waals surface area (Å²) in [5, 5.41) is 58.2. The van der Waals surface area contributed by atoms with Gasteiger partial charge < -0.3 is 99.0 Å². The number of aliphatic hydroxyl groups is 3. The van der Waals surface area contributed by atoms with E-state index in [1.165, 1.54) is 42.2 Å². The number of H-pyrrole nitrogens is 1. The number of aliphatic hydroxyl groups excluding tert-OH is 3. The zero-order chi connectivity index (χ0) is 65.3. The number of para-hydroxylation sites is 1. The van der Waals surface area contributed by atoms with Crippen LogP contribution in [0.3, 0.4) is 0 Å². The monoisotopic (exact) mass is 1350 g/mol. The zero-order valence-electron chi connectivity index (χ0n) is 46.4. The van der Waals surface area contributed by atoms with Crippen LogP contribution < -0.4 is 52.0 Å². The summed E-state index contributed by atoms with van der Waals surface area (Å²) in [4.78, 5) is 106. The van der Waals surface area contributed by atoms with E-state index in [0.717, 1.165) is 32.7 Å². The molecule has 17 atom stereocenters. The van der Waals surface area contributed by atoms with E-state index in [1.807, 2.05) is 0 Å². The number of nitro groups is 1. The number of benzene rings is 1. The number of hydrogen-bond acceptors (Lipinski definition) is 36. The van der Waals surface area contributed by atoms with Crippen LogP contribution in [-0.4, -0.2) is 155 Å². The van der Waals surface area contributed by atoms with E-state index in [2.05, 4.69) is 53.0 Å². The van der Waals surface area contributed by atoms with Crippen molar-refractivity contribution in [3.63, 3.8) is 0 Å². The van der Waals surface area contributed by atoms with Crippen LogP contribution in [0.1, 0.15) is 51.1 Å². The van der Waals surface area contributed by atoms with Crippen LogP contribution in [0, 0.1) is 15.5 Å². The lowest BCUT2D eigenvalue weighted by molar-refractivity contribution is -0.746. The Balaban J connectivity index is 0.808. The molecule has 10 rings (SSSR count). The van der Waals surface area contributed by atoms with Crippen molar-refractivity contribution in [2.24, 2.45) is 12.5 Å². The number of aromatic nitrogens is 12. The van der Waals surface area contributed by atoms with E-state index in [4.69, 9.17) is 54.5 Å². The van der Waals surface area contributed by atoms with Crippen molar-refractivity contribution in [1.82, 2.24) is 53.6 Å². The number of phosphoric ester groups is 3. The van der Waals surface area contributed by atoms with E-state index >= 15 is 4.39 Å². The minimum absolute atomic E-state index is 0.125. The molecule has 6 aromatic heterocycles. The lowest BCUT2D eigenvalue weighted by atomic mass is 9.84. The average Bonchev–Trinajstić information content (AvgIpc) is 1.62. The van der Waals surface area contributed by atoms with E-state index in [9.17, 15) is 73.2 Å². The second-order valence-corrected chi connectivity index (χ2v) is 26.9. The molecule has 1 aromatic carbocycles. The lowest BCUT2D eigenvalue weighted by Gasteiger charge is -2.35. The van der Waals surface area contributed by atoms with Crippen molar-refractivity contribution in [3.05, 3.63) is 75.6 Å². The molecule has 3 saturated heterocycles. The van der Waals surface area contributed by atoms with Crippen LogP contribution in [0.2, 0.25) is 0 Å². The Bertz CT molecular complexity index is 4120. The van der Waals surface area contributed by atoms with Crippen molar-refractivity contribution in [1.29, 1.82) is 0 Å². The minimum atomic E-state index is -6.74. The first-order valence-corrected chi connectivity index (χ1v) is 31.7. The molecule has 3 aliphatic rings. The van der Waals surface area contributed by atoms with Gasteiger partial charge in [-0.3, -0.25) is 51.9 Å². The summed E-state index contributed by atoms with van der Waals surface area (Å²) in [7, 11) is -24.1. The standard InChI is InChI=1S/C43H55FN16O26P4/c1-43(2,3)31(17-7-5-6-8-18(17)60(66)67)77-16-76-30-27(62)20(82-40(30)59-15-56(4)25-35(59)53-42(47)55-37(25)65)10-79-88(70,71)85-90(74,75)86-89(72,73)80-11-21-29(22(44)38(83-21)57-13-50-23-32(45)48-12-49-33(23)57)84-87(68,69)78-9-19-26(61)28(63)39(81-19)58-14-51-24-34(58)52-41(46)54-36(24)64/h5-8,12-15,19-22,26-31,38-40,61-63H,9-11,16H2,1-4H3,(H11-,45,46,47,48,49,52,53,54,55,64,65,68,69,70,71,72,73,74,75)/p-4/t19-,20-,21-,22?,26+,27+,28?,29+,30?,31?,38-,39-,40-/m1/s1. The maximum absolute atomic E-state index is 16.7. The first kappa shape index (κ1) is 66.3. The Morgan fingerprint density at radius 1 is 0.789 bits per heavy atom. The van der Waals surface area contributed by atoms with Gasteiger partial charge in [0, 0.05) is 11.9 Å². The van der Waals surface area contributed by atoms with Crippen molar-refractivity contribution >= 4 is 88.2 Å². The number of nitrogens with two attached hydrogens (primary N) is 3. The molecule has 9 heterocycles. The van der Waals surface area contributed by atoms with E-state index in [-0.39, 0.29) is 56.5 Å². The number of aromatic amines is 1. The van der Waals surface area contributed by atoms with Crippen LogP contribution in [0.4, 0.5) is 27.8 Å². The third kappa shape index (κ3) is 13.8. The van der Waals surface area contributed by atoms with Gasteiger partial charge >= 0.3 is 5.65 Å². The summed E-state index contributed by atoms with van der Waals surface area (Å²) < 4.78 is 130. The highest BCUT2D eigenvalue weighted by Crippen LogP contribution is 2.63. The predicted molar refractivity (Wildman–Crippen MR) is 281 cm³/mol. The first-order chi connectivity index (χ1) is 42.1. The van der Waals surface area contributed by atoms with Gasteiger partial charge in [0.2, 0.25) is 12.2 Å². The molecule has 90 heavy (non-hydrogen) atoms. The number of nitro benzene ring substituents is 1. The number of nitrogen functional groups attached to an aromatic ring is 3. The molecule has 7 aromatic rings. The van der Waals surface area contributed by atoms with Gasteiger partial charge in [0.05, 0.1) is 56.1 Å². The van der Waals surface area contributed by atoms with Crippen molar-refractivity contribution in [2.75, 3.05) is 43.8 Å². The van der Waals surface area contributed by atoms with Crippen molar-refractivity contribution in [2.45, 2.75) is 101 Å². The molecule has 3 aliphatic heterocycles. The Morgan fingerprint density at radius 2 is 1.40 bits per heavy atom. The lowest BCUT2D eigenvalue weighted by Crippen LogP contribution is -2.47. The molecule has 0 amide bonds. The number of anilines is 3. The van der Waals surface area contributed by atoms with E-state index in [0.29, 0.717) is 0 Å². The third-order valence-corrected chi connectivity index (χ3v) is 19.0. The predicted octanol–water partition coefficient (Wildman–Crippen LogP) is -3.44. The smallest absolute Gasteiger partial charge is 0.309 e. The number of halogens is 1. The van der Waals surface area contributed by atoms with E-state index < -0.39 is 165 Å². The topological polar surface area (TPSA) is 609 Å². The number of phosphoric acid groups is 4. The number of nitrogens with one attached hydrogen (secondary N) is 1. The SMILES string of the molecule is Cn1c[n+]([C@@H]2O[C@H](COP(=O)([O-])OP(=O)([O-])OP(=O)([O-])OC[C@H]3O[C@@H](n4cnc5c(N)ncnc54)C(F)[C@H]3OP(=O)([O-])OC[C@H]3O[C@@H](n4cnc5c(=O)[nH]c(N)nc54)C(O)[C@H]3O)[C@H](O)C2OCOC(c2ccccc2[N+](=O)[O-])C(C)(C)C)c2nc(N)nc([O-])c21. The fourth-order valence-corrected chi connectivity index (χ4v) is 14.3. The Kier molecular flexibility index (Phi) is 18.5. The number of hydrogen-bond donors (Lipinski definition) is 7. The van der Waals surface area contributed by atoms with Gasteiger partial charge in [-0.2, -0.15) is 4.98 Å². The highest BCUT2D eigenvalue weighted by Gasteiger charge is 2.52. The average molecular weight is 1350 g/mol. The molecule has 0 saturated carbocycles. The number of ether oxygens (including phenoxy) is 5. The van der Waals surface area contributed by atoms with Gasteiger partial charge in [0.25, 0.3) is 48.5 Å². The molecule has 47 heteroatoms. The van der Waals surface area contributed by atoms with Crippen LogP contribution in [0.15, 0.2) is 54.4 Å². The molecule has 42 nitrogen and oxygen atoms in total. The summed E-state index contributed by atoms with van der Waals surface area (Å²) in [6.07, 6.45) is -20.7. The van der Waals surface area contributed by atoms with Crippen LogP contribution >= 0.6 is 31.3 Å². The number of rotatable bonds is 24. The third-order valence-electron chi connectivity index (χ3n) is 13.9. The Morgan fingerprint density at radius 3 is 2.07 bits per heavy atom. The van der Waals surface area contributed by atoms with Crippen LogP contribution in [0.5, 0.6) is 5.88 Å². The summed E-state index contributed by atoms with van der Waals surface area (Å²) in [5.74, 6) is -1.94.